The quantitative estimate of drug-likeness (QED) is 0.561. The molecule has 1 heterocycles. The summed E-state index contributed by atoms with van der Waals surface area (Å²) in [6.45, 7) is 4.00. The number of hydrogen-bond acceptors (Lipinski definition) is 2. The van der Waals surface area contributed by atoms with Crippen LogP contribution in [0.1, 0.15) is 13.8 Å². The average molecular weight is 231 g/mol. The molecule has 1 aromatic heterocycles. The van der Waals surface area contributed by atoms with Crippen molar-refractivity contribution in [1.29, 1.82) is 0 Å². The minimum atomic E-state index is 0.818. The van der Waals surface area contributed by atoms with Gasteiger partial charge in [0.05, 0.1) is 26.5 Å². The van der Waals surface area contributed by atoms with E-state index >= 15 is 0 Å². The van der Waals surface area contributed by atoms with E-state index in [9.17, 15) is 0 Å². The maximum absolute atomic E-state index is 4.19. The van der Waals surface area contributed by atoms with Gasteiger partial charge in [0.2, 0.25) is 0 Å². The first-order valence-electron chi connectivity index (χ1n) is 5.75. The minimum absolute atomic E-state index is 0.818. The fourth-order valence-electron chi connectivity index (χ4n) is 1.32. The lowest BCUT2D eigenvalue weighted by molar-refractivity contribution is -0.657. The number of aryl methyl sites for hydroxylation is 2. The zero-order valence-corrected chi connectivity index (χ0v) is 10.8. The van der Waals surface area contributed by atoms with Gasteiger partial charge in [-0.3, -0.25) is 0 Å². The Morgan fingerprint density at radius 2 is 1.71 bits per heavy atom. The lowest BCUT2D eigenvalue weighted by Crippen LogP contribution is -2.25. The van der Waals surface area contributed by atoms with Gasteiger partial charge >= 0.3 is 5.95 Å². The monoisotopic (exact) mass is 231 g/mol. The Bertz CT molecular complexity index is 452. The molecule has 0 radical (unpaired) electrons. The molecular weight excluding hydrogens is 212 g/mol. The van der Waals surface area contributed by atoms with Crippen molar-refractivity contribution in [3.05, 3.63) is 42.7 Å². The van der Waals surface area contributed by atoms with Gasteiger partial charge in [-0.05, 0) is 12.1 Å². The number of nitrogens with zero attached hydrogens (tertiary/aromatic N) is 4. The summed E-state index contributed by atoms with van der Waals surface area (Å²) in [5.41, 5.74) is 0.860. The molecule has 0 saturated carbocycles. The smallest absolute Gasteiger partial charge is 0.233 e. The summed E-state index contributed by atoms with van der Waals surface area (Å²) < 4.78 is 3.85. The average Bonchev–Trinajstić information content (AvgIpc) is 2.70. The van der Waals surface area contributed by atoms with Crippen molar-refractivity contribution in [3.63, 3.8) is 0 Å². The van der Waals surface area contributed by atoms with E-state index in [0.29, 0.717) is 0 Å². The van der Waals surface area contributed by atoms with Gasteiger partial charge in [0.15, 0.2) is 0 Å². The van der Waals surface area contributed by atoms with E-state index in [1.807, 2.05) is 79.8 Å². The lowest BCUT2D eigenvalue weighted by atomic mass is 10.3. The van der Waals surface area contributed by atoms with Crippen molar-refractivity contribution in [2.75, 3.05) is 0 Å². The van der Waals surface area contributed by atoms with Gasteiger partial charge in [-0.1, -0.05) is 37.2 Å². The molecule has 4 heteroatoms. The van der Waals surface area contributed by atoms with Gasteiger partial charge in [0.25, 0.3) is 0 Å². The molecule has 17 heavy (non-hydrogen) atoms. The molecule has 0 aliphatic heterocycles. The van der Waals surface area contributed by atoms with Crippen LogP contribution in [0, 0.1) is 0 Å². The minimum Gasteiger partial charge on any atom is -0.233 e. The summed E-state index contributed by atoms with van der Waals surface area (Å²) in [4.78, 5) is 0. The second-order valence-electron chi connectivity index (χ2n) is 3.36. The molecule has 2 aromatic rings. The van der Waals surface area contributed by atoms with E-state index in [1.54, 1.807) is 0 Å². The summed E-state index contributed by atoms with van der Waals surface area (Å²) in [5.74, 6) is 0.818. The number of rotatable bonds is 2. The third-order valence-corrected chi connectivity index (χ3v) is 2.16. The fraction of sp³-hybridized carbons (Fsp3) is 0.308. The molecule has 0 unspecified atom stereocenters. The fourth-order valence-corrected chi connectivity index (χ4v) is 1.32. The normalized spacial score (nSPS) is 10.1. The lowest BCUT2D eigenvalue weighted by Gasteiger charge is -1.88. The van der Waals surface area contributed by atoms with E-state index in [0.717, 1.165) is 11.6 Å². The predicted octanol–water partition coefficient (Wildman–Crippen LogP) is 3.29. The molecule has 1 aromatic carbocycles. The first-order chi connectivity index (χ1) is 8.27. The topological polar surface area (TPSA) is 33.5 Å². The largest absolute Gasteiger partial charge is 0.421 e. The van der Waals surface area contributed by atoms with Gasteiger partial charge in [-0.25, -0.2) is 9.13 Å². The molecular formula is C13H19N4+. The van der Waals surface area contributed by atoms with Crippen LogP contribution in [-0.4, -0.2) is 4.57 Å². The number of benzene rings is 1. The van der Waals surface area contributed by atoms with Crippen molar-refractivity contribution in [1.82, 2.24) is 4.57 Å². The van der Waals surface area contributed by atoms with Crippen LogP contribution in [0.5, 0.6) is 0 Å². The van der Waals surface area contributed by atoms with Crippen LogP contribution in [0.4, 0.5) is 11.6 Å². The van der Waals surface area contributed by atoms with E-state index in [1.165, 1.54) is 0 Å². The Kier molecular flexibility index (Phi) is 5.07. The van der Waals surface area contributed by atoms with Crippen molar-refractivity contribution < 1.29 is 4.57 Å². The highest BCUT2D eigenvalue weighted by Gasteiger charge is 2.09. The Hall–Kier alpha value is -1.97. The number of aromatic nitrogens is 2. The first kappa shape index (κ1) is 13.1. The highest BCUT2D eigenvalue weighted by Crippen LogP contribution is 2.13. The third kappa shape index (κ3) is 3.52. The van der Waals surface area contributed by atoms with Crippen molar-refractivity contribution in [2.24, 2.45) is 24.3 Å². The van der Waals surface area contributed by atoms with E-state index in [2.05, 4.69) is 10.2 Å². The van der Waals surface area contributed by atoms with Gasteiger partial charge < -0.3 is 0 Å². The van der Waals surface area contributed by atoms with Crippen LogP contribution < -0.4 is 4.57 Å². The second kappa shape index (κ2) is 6.58. The van der Waals surface area contributed by atoms with E-state index in [-0.39, 0.29) is 0 Å². The number of hydrogen-bond donors (Lipinski definition) is 0. The number of imidazole rings is 1. The predicted molar refractivity (Wildman–Crippen MR) is 68.6 cm³/mol. The van der Waals surface area contributed by atoms with Crippen LogP contribution in [0.25, 0.3) is 0 Å². The van der Waals surface area contributed by atoms with Gasteiger partial charge in [-0.2, -0.15) is 0 Å². The number of azo groups is 1. The molecule has 0 amide bonds. The molecule has 90 valence electrons. The summed E-state index contributed by atoms with van der Waals surface area (Å²) in [5, 5.41) is 8.34. The summed E-state index contributed by atoms with van der Waals surface area (Å²) in [6, 6.07) is 9.69. The third-order valence-electron chi connectivity index (χ3n) is 2.16. The molecule has 0 aliphatic carbocycles. The molecule has 0 atom stereocenters. The van der Waals surface area contributed by atoms with Gasteiger partial charge in [0.1, 0.15) is 5.69 Å². The Balaban J connectivity index is 0.000000686. The summed E-state index contributed by atoms with van der Waals surface area (Å²) in [6.07, 6.45) is 3.89. The maximum atomic E-state index is 4.19. The van der Waals surface area contributed by atoms with E-state index < -0.39 is 0 Å². The maximum Gasteiger partial charge on any atom is 0.421 e. The van der Waals surface area contributed by atoms with Crippen molar-refractivity contribution in [2.45, 2.75) is 13.8 Å². The molecule has 0 fully saturated rings. The SMILES string of the molecule is CC.Cn1cc[n+](C)c1N=Nc1ccccc1. The Morgan fingerprint density at radius 3 is 2.24 bits per heavy atom. The van der Waals surface area contributed by atoms with Crippen LogP contribution in [0.2, 0.25) is 0 Å². The highest BCUT2D eigenvalue weighted by atomic mass is 15.3. The molecule has 0 spiro atoms. The van der Waals surface area contributed by atoms with Crippen molar-refractivity contribution in [3.8, 4) is 0 Å². The molecule has 2 rings (SSSR count). The van der Waals surface area contributed by atoms with Crippen LogP contribution in [-0.2, 0) is 14.1 Å². The Labute approximate surface area is 102 Å². The summed E-state index contributed by atoms with van der Waals surface area (Å²) >= 11 is 0. The Morgan fingerprint density at radius 1 is 1.06 bits per heavy atom. The van der Waals surface area contributed by atoms with Crippen LogP contribution in [0.15, 0.2) is 53.0 Å². The van der Waals surface area contributed by atoms with Gasteiger partial charge in [0, 0.05) is 5.11 Å². The standard InChI is InChI=1S/C11H13N4.C2H6/c1-14-8-9-15(2)11(14)13-12-10-6-4-3-5-7-10;1-2/h3-9H,1-2H3;1-2H3/q+1;. The van der Waals surface area contributed by atoms with Gasteiger partial charge in [-0.15, -0.1) is 0 Å². The highest BCUT2D eigenvalue weighted by molar-refractivity contribution is 5.35. The van der Waals surface area contributed by atoms with Crippen LogP contribution >= 0.6 is 0 Å². The van der Waals surface area contributed by atoms with Crippen LogP contribution in [0.3, 0.4) is 0 Å². The van der Waals surface area contributed by atoms with Crippen molar-refractivity contribution >= 4 is 11.6 Å². The second-order valence-corrected chi connectivity index (χ2v) is 3.36. The molecule has 0 N–H and O–H groups in total. The molecule has 0 saturated heterocycles. The van der Waals surface area contributed by atoms with E-state index in [4.69, 9.17) is 0 Å². The molecule has 0 bridgehead atoms. The zero-order chi connectivity index (χ0) is 12.7. The zero-order valence-electron chi connectivity index (χ0n) is 10.8. The first-order valence-corrected chi connectivity index (χ1v) is 5.75. The molecule has 0 aliphatic rings. The molecule has 4 nitrogen and oxygen atoms in total. The summed E-state index contributed by atoms with van der Waals surface area (Å²) in [7, 11) is 3.89.